The van der Waals surface area contributed by atoms with E-state index in [9.17, 15) is 0 Å². The molecule has 0 aromatic carbocycles. The van der Waals surface area contributed by atoms with Crippen LogP contribution in [0.4, 0.5) is 5.95 Å². The molecular formula is C15H22N4. The fourth-order valence-corrected chi connectivity index (χ4v) is 2.09. The third-order valence-electron chi connectivity index (χ3n) is 2.83. The highest BCUT2D eigenvalue weighted by molar-refractivity contribution is 5.30. The van der Waals surface area contributed by atoms with E-state index in [4.69, 9.17) is 0 Å². The summed E-state index contributed by atoms with van der Waals surface area (Å²) in [5.41, 5.74) is 3.12. The monoisotopic (exact) mass is 258 g/mol. The van der Waals surface area contributed by atoms with Crippen LogP contribution >= 0.6 is 0 Å². The standard InChI is InChI=1S/C15H22N4/c1-11(2)9-19-10-13(4)18-15(19)16-8-14-7-5-6-12(3)17-14/h5-7,10-11H,8-9H2,1-4H3,(H,16,18). The highest BCUT2D eigenvalue weighted by Gasteiger charge is 2.07. The van der Waals surface area contributed by atoms with Crippen molar-refractivity contribution in [3.8, 4) is 0 Å². The second-order valence-corrected chi connectivity index (χ2v) is 5.38. The largest absolute Gasteiger partial charge is 0.350 e. The van der Waals surface area contributed by atoms with Gasteiger partial charge < -0.3 is 9.88 Å². The van der Waals surface area contributed by atoms with E-state index < -0.39 is 0 Å². The van der Waals surface area contributed by atoms with Crippen LogP contribution in [0, 0.1) is 19.8 Å². The molecule has 0 spiro atoms. The van der Waals surface area contributed by atoms with Crippen molar-refractivity contribution in [2.45, 2.75) is 40.8 Å². The van der Waals surface area contributed by atoms with Gasteiger partial charge in [-0.2, -0.15) is 0 Å². The summed E-state index contributed by atoms with van der Waals surface area (Å²) < 4.78 is 2.18. The molecule has 0 unspecified atom stereocenters. The Hall–Kier alpha value is -1.84. The molecule has 1 N–H and O–H groups in total. The lowest BCUT2D eigenvalue weighted by Gasteiger charge is -2.11. The van der Waals surface area contributed by atoms with Crippen molar-refractivity contribution >= 4 is 5.95 Å². The lowest BCUT2D eigenvalue weighted by atomic mass is 10.2. The Balaban J connectivity index is 2.06. The van der Waals surface area contributed by atoms with Crippen molar-refractivity contribution in [1.82, 2.24) is 14.5 Å². The summed E-state index contributed by atoms with van der Waals surface area (Å²) >= 11 is 0. The number of aromatic nitrogens is 3. The Kier molecular flexibility index (Phi) is 4.20. The minimum atomic E-state index is 0.603. The molecular weight excluding hydrogens is 236 g/mol. The van der Waals surface area contributed by atoms with Crippen molar-refractivity contribution in [2.75, 3.05) is 5.32 Å². The molecule has 0 atom stereocenters. The summed E-state index contributed by atoms with van der Waals surface area (Å²) in [7, 11) is 0. The van der Waals surface area contributed by atoms with E-state index in [2.05, 4.69) is 39.9 Å². The molecule has 2 aromatic heterocycles. The molecule has 0 radical (unpaired) electrons. The number of anilines is 1. The van der Waals surface area contributed by atoms with Gasteiger partial charge in [-0.25, -0.2) is 4.98 Å². The molecule has 2 aromatic rings. The smallest absolute Gasteiger partial charge is 0.203 e. The summed E-state index contributed by atoms with van der Waals surface area (Å²) in [6, 6.07) is 6.07. The molecule has 4 nitrogen and oxygen atoms in total. The van der Waals surface area contributed by atoms with E-state index in [1.54, 1.807) is 0 Å². The number of hydrogen-bond acceptors (Lipinski definition) is 3. The number of pyridine rings is 1. The maximum Gasteiger partial charge on any atom is 0.203 e. The van der Waals surface area contributed by atoms with Gasteiger partial charge in [-0.05, 0) is 31.9 Å². The molecule has 102 valence electrons. The first-order valence-corrected chi connectivity index (χ1v) is 6.75. The molecule has 0 aliphatic carbocycles. The number of nitrogens with zero attached hydrogens (tertiary/aromatic N) is 3. The van der Waals surface area contributed by atoms with Crippen molar-refractivity contribution in [1.29, 1.82) is 0 Å². The number of hydrogen-bond donors (Lipinski definition) is 1. The lowest BCUT2D eigenvalue weighted by Crippen LogP contribution is -2.11. The van der Waals surface area contributed by atoms with Gasteiger partial charge in [-0.15, -0.1) is 0 Å². The first-order chi connectivity index (χ1) is 9.04. The van der Waals surface area contributed by atoms with Gasteiger partial charge >= 0.3 is 0 Å². The zero-order valence-corrected chi connectivity index (χ0v) is 12.1. The van der Waals surface area contributed by atoms with Crippen LogP contribution in [0.1, 0.15) is 30.9 Å². The number of nitrogens with one attached hydrogen (secondary N) is 1. The second-order valence-electron chi connectivity index (χ2n) is 5.38. The van der Waals surface area contributed by atoms with E-state index in [1.165, 1.54) is 0 Å². The Morgan fingerprint density at radius 2 is 1.95 bits per heavy atom. The summed E-state index contributed by atoms with van der Waals surface area (Å²) in [5, 5.41) is 3.37. The van der Waals surface area contributed by atoms with Crippen molar-refractivity contribution in [3.63, 3.8) is 0 Å². The van der Waals surface area contributed by atoms with E-state index in [0.717, 1.165) is 29.6 Å². The maximum atomic E-state index is 4.53. The van der Waals surface area contributed by atoms with Crippen LogP contribution in [0.25, 0.3) is 0 Å². The second kappa shape index (κ2) is 5.87. The zero-order valence-electron chi connectivity index (χ0n) is 12.1. The molecule has 0 amide bonds. The van der Waals surface area contributed by atoms with E-state index in [0.29, 0.717) is 12.5 Å². The quantitative estimate of drug-likeness (QED) is 0.895. The van der Waals surface area contributed by atoms with Crippen LogP contribution in [0.5, 0.6) is 0 Å². The van der Waals surface area contributed by atoms with Gasteiger partial charge in [-0.3, -0.25) is 4.98 Å². The molecule has 0 saturated carbocycles. The van der Waals surface area contributed by atoms with Gasteiger partial charge in [0.15, 0.2) is 0 Å². The lowest BCUT2D eigenvalue weighted by molar-refractivity contribution is 0.526. The normalized spacial score (nSPS) is 11.0. The molecule has 0 saturated heterocycles. The third kappa shape index (κ3) is 3.81. The van der Waals surface area contributed by atoms with Crippen molar-refractivity contribution in [2.24, 2.45) is 5.92 Å². The predicted octanol–water partition coefficient (Wildman–Crippen LogP) is 3.16. The van der Waals surface area contributed by atoms with Crippen LogP contribution in [0.2, 0.25) is 0 Å². The van der Waals surface area contributed by atoms with Crippen LogP contribution in [-0.2, 0) is 13.1 Å². The molecule has 4 heteroatoms. The Morgan fingerprint density at radius 1 is 1.16 bits per heavy atom. The van der Waals surface area contributed by atoms with Gasteiger partial charge in [-0.1, -0.05) is 19.9 Å². The molecule has 0 bridgehead atoms. The van der Waals surface area contributed by atoms with Crippen LogP contribution in [-0.4, -0.2) is 14.5 Å². The molecule has 0 aliphatic rings. The van der Waals surface area contributed by atoms with E-state index >= 15 is 0 Å². The zero-order chi connectivity index (χ0) is 13.8. The summed E-state index contributed by atoms with van der Waals surface area (Å²) in [4.78, 5) is 9.01. The predicted molar refractivity (Wildman–Crippen MR) is 78.1 cm³/mol. The minimum absolute atomic E-state index is 0.603. The van der Waals surface area contributed by atoms with Gasteiger partial charge in [0, 0.05) is 18.4 Å². The highest BCUT2D eigenvalue weighted by atomic mass is 15.2. The fourth-order valence-electron chi connectivity index (χ4n) is 2.09. The van der Waals surface area contributed by atoms with Gasteiger partial charge in [0.1, 0.15) is 0 Å². The van der Waals surface area contributed by atoms with Crippen LogP contribution in [0.3, 0.4) is 0 Å². The van der Waals surface area contributed by atoms with Crippen molar-refractivity contribution < 1.29 is 0 Å². The van der Waals surface area contributed by atoms with Crippen LogP contribution in [0.15, 0.2) is 24.4 Å². The first kappa shape index (κ1) is 13.6. The van der Waals surface area contributed by atoms with Gasteiger partial charge in [0.2, 0.25) is 5.95 Å². The topological polar surface area (TPSA) is 42.7 Å². The Morgan fingerprint density at radius 3 is 2.63 bits per heavy atom. The van der Waals surface area contributed by atoms with Gasteiger partial charge in [0.25, 0.3) is 0 Å². The molecule has 0 aliphatic heterocycles. The Bertz CT molecular complexity index is 543. The van der Waals surface area contributed by atoms with Crippen molar-refractivity contribution in [3.05, 3.63) is 41.5 Å². The molecule has 2 rings (SSSR count). The molecule has 2 heterocycles. The minimum Gasteiger partial charge on any atom is -0.350 e. The van der Waals surface area contributed by atoms with Crippen LogP contribution < -0.4 is 5.32 Å². The summed E-state index contributed by atoms with van der Waals surface area (Å²) in [5.74, 6) is 1.53. The Labute approximate surface area is 114 Å². The number of aryl methyl sites for hydroxylation is 2. The van der Waals surface area contributed by atoms with Gasteiger partial charge in [0.05, 0.1) is 17.9 Å². The molecule has 0 fully saturated rings. The van der Waals surface area contributed by atoms with E-state index in [1.807, 2.05) is 32.0 Å². The fraction of sp³-hybridized carbons (Fsp3) is 0.467. The average Bonchev–Trinajstić information content (AvgIpc) is 2.66. The average molecular weight is 258 g/mol. The van der Waals surface area contributed by atoms with E-state index in [-0.39, 0.29) is 0 Å². The number of imidazole rings is 1. The SMILES string of the molecule is Cc1cccc(CNc2nc(C)cn2CC(C)C)n1. The summed E-state index contributed by atoms with van der Waals surface area (Å²) in [6.07, 6.45) is 2.09. The first-order valence-electron chi connectivity index (χ1n) is 6.75. The summed E-state index contributed by atoms with van der Waals surface area (Å²) in [6.45, 7) is 10.1. The third-order valence-corrected chi connectivity index (χ3v) is 2.83. The molecule has 19 heavy (non-hydrogen) atoms. The highest BCUT2D eigenvalue weighted by Crippen LogP contribution is 2.12. The maximum absolute atomic E-state index is 4.53. The number of rotatable bonds is 5.